The van der Waals surface area contributed by atoms with Gasteiger partial charge in [0.2, 0.25) is 10.0 Å². The van der Waals surface area contributed by atoms with Gasteiger partial charge in [-0.1, -0.05) is 6.07 Å². The van der Waals surface area contributed by atoms with E-state index in [9.17, 15) is 13.2 Å². The van der Waals surface area contributed by atoms with Gasteiger partial charge in [0.1, 0.15) is 11.5 Å². The summed E-state index contributed by atoms with van der Waals surface area (Å²) < 4.78 is 28.1. The number of carbonyl (C=O) groups excluding carboxylic acids is 1. The second-order valence-corrected chi connectivity index (χ2v) is 11.8. The molecule has 0 unspecified atom stereocenters. The Morgan fingerprint density at radius 2 is 1.92 bits per heavy atom. The number of aryl methyl sites for hydroxylation is 2. The van der Waals surface area contributed by atoms with E-state index >= 15 is 0 Å². The molecule has 1 saturated carbocycles. The van der Waals surface area contributed by atoms with Crippen molar-refractivity contribution < 1.29 is 13.2 Å². The molecule has 9 nitrogen and oxygen atoms in total. The number of aromatic nitrogens is 3. The zero-order chi connectivity index (χ0) is 25.8. The minimum absolute atomic E-state index is 0.159. The Kier molecular flexibility index (Phi) is 5.94. The summed E-state index contributed by atoms with van der Waals surface area (Å²) in [4.78, 5) is 21.9. The molecular formula is C26H30N6O3S. The molecule has 2 aromatic heterocycles. The van der Waals surface area contributed by atoms with Crippen molar-refractivity contribution in [1.82, 2.24) is 14.8 Å². The number of Topliss-reactive ketones (excluding diaryl/α,β-unsaturated/α-hetero) is 1. The van der Waals surface area contributed by atoms with Gasteiger partial charge in [0.05, 0.1) is 40.4 Å². The first-order valence-corrected chi connectivity index (χ1v) is 13.8. The first-order chi connectivity index (χ1) is 17.0. The molecule has 1 aliphatic carbocycles. The molecule has 1 fully saturated rings. The molecule has 36 heavy (non-hydrogen) atoms. The van der Waals surface area contributed by atoms with Crippen molar-refractivity contribution in [2.75, 3.05) is 22.9 Å². The van der Waals surface area contributed by atoms with Crippen LogP contribution in [-0.4, -0.2) is 48.0 Å². The van der Waals surface area contributed by atoms with E-state index in [1.807, 2.05) is 51.2 Å². The Morgan fingerprint density at radius 1 is 1.17 bits per heavy atom. The van der Waals surface area contributed by atoms with Crippen LogP contribution in [-0.2, 0) is 34.7 Å². The Balaban J connectivity index is 1.57. The maximum Gasteiger partial charge on any atom is 0.232 e. The van der Waals surface area contributed by atoms with Crippen molar-refractivity contribution in [3.05, 3.63) is 47.4 Å². The number of anilines is 3. The van der Waals surface area contributed by atoms with E-state index in [-0.39, 0.29) is 11.7 Å². The molecule has 0 bridgehead atoms. The van der Waals surface area contributed by atoms with Crippen molar-refractivity contribution in [1.29, 1.82) is 0 Å². The number of nitrogens with one attached hydrogen (secondary N) is 1. The van der Waals surface area contributed by atoms with Gasteiger partial charge in [-0.15, -0.1) is 0 Å². The molecule has 3 heterocycles. The maximum absolute atomic E-state index is 12.5. The lowest BCUT2D eigenvalue weighted by Crippen LogP contribution is -2.25. The summed E-state index contributed by atoms with van der Waals surface area (Å²) in [5.74, 6) is 0.379. The largest absolute Gasteiger partial charge is 0.352 e. The number of fused-ring (bicyclic) bond motifs is 1. The highest BCUT2D eigenvalue weighted by Gasteiger charge is 2.30. The lowest BCUT2D eigenvalue weighted by molar-refractivity contribution is -0.119. The zero-order valence-corrected chi connectivity index (χ0v) is 22.0. The molecule has 2 aliphatic rings. The quantitative estimate of drug-likeness (QED) is 0.493. The van der Waals surface area contributed by atoms with E-state index in [4.69, 9.17) is 4.98 Å². The van der Waals surface area contributed by atoms with Crippen LogP contribution >= 0.6 is 0 Å². The van der Waals surface area contributed by atoms with E-state index in [2.05, 4.69) is 15.4 Å². The topological polar surface area (TPSA) is 110 Å². The normalized spacial score (nSPS) is 15.0. The van der Waals surface area contributed by atoms with Crippen molar-refractivity contribution in [3.63, 3.8) is 0 Å². The summed E-state index contributed by atoms with van der Waals surface area (Å²) in [6.45, 7) is 3.92. The number of carbonyl (C=O) groups is 1. The molecule has 1 aliphatic heterocycles. The van der Waals surface area contributed by atoms with Gasteiger partial charge in [0.25, 0.3) is 0 Å². The SMILES string of the molecule is CC1=Nc2c(Nc3ccc(-c4cc(C)n(C)n4)cc3N(C)S(C)(=O)=O)cc(CC(=O)C3CC3)nc2C1. The van der Waals surface area contributed by atoms with Gasteiger partial charge in [0, 0.05) is 49.8 Å². The average molecular weight is 507 g/mol. The third-order valence-electron chi connectivity index (χ3n) is 6.75. The van der Waals surface area contributed by atoms with E-state index in [1.165, 1.54) is 17.6 Å². The Hall–Kier alpha value is -3.53. The summed E-state index contributed by atoms with van der Waals surface area (Å²) in [5.41, 5.74) is 7.57. The van der Waals surface area contributed by atoms with Gasteiger partial charge < -0.3 is 5.32 Å². The minimum atomic E-state index is -3.54. The lowest BCUT2D eigenvalue weighted by atomic mass is 10.1. The first kappa shape index (κ1) is 24.2. The molecule has 0 saturated heterocycles. The third-order valence-corrected chi connectivity index (χ3v) is 7.94. The van der Waals surface area contributed by atoms with Crippen molar-refractivity contribution in [3.8, 4) is 11.3 Å². The summed E-state index contributed by atoms with van der Waals surface area (Å²) in [6.07, 6.45) is 4.01. The maximum atomic E-state index is 12.5. The van der Waals surface area contributed by atoms with Crippen LogP contribution in [0.3, 0.4) is 0 Å². The lowest BCUT2D eigenvalue weighted by Gasteiger charge is -2.22. The highest BCUT2D eigenvalue weighted by Crippen LogP contribution is 2.40. The van der Waals surface area contributed by atoms with Crippen LogP contribution in [0.4, 0.5) is 22.7 Å². The molecule has 0 amide bonds. The predicted octanol–water partition coefficient (Wildman–Crippen LogP) is 4.10. The molecule has 0 spiro atoms. The van der Waals surface area contributed by atoms with E-state index in [0.29, 0.717) is 35.6 Å². The molecule has 3 aromatic rings. The zero-order valence-electron chi connectivity index (χ0n) is 21.2. The molecule has 1 N–H and O–H groups in total. The van der Waals surface area contributed by atoms with Crippen molar-refractivity contribution >= 4 is 44.3 Å². The van der Waals surface area contributed by atoms with Crippen LogP contribution in [0.15, 0.2) is 35.3 Å². The van der Waals surface area contributed by atoms with E-state index < -0.39 is 10.0 Å². The molecule has 1 aromatic carbocycles. The highest BCUT2D eigenvalue weighted by atomic mass is 32.2. The van der Waals surface area contributed by atoms with Crippen LogP contribution in [0.5, 0.6) is 0 Å². The van der Waals surface area contributed by atoms with Gasteiger partial charge >= 0.3 is 0 Å². The predicted molar refractivity (Wildman–Crippen MR) is 142 cm³/mol. The average Bonchev–Trinajstić information content (AvgIpc) is 3.51. The molecule has 10 heteroatoms. The number of benzene rings is 1. The Bertz CT molecular complexity index is 1500. The highest BCUT2D eigenvalue weighted by molar-refractivity contribution is 7.92. The molecule has 0 atom stereocenters. The second kappa shape index (κ2) is 8.85. The fourth-order valence-corrected chi connectivity index (χ4v) is 4.87. The Labute approximate surface area is 211 Å². The third kappa shape index (κ3) is 4.77. The molecule has 5 rings (SSSR count). The summed E-state index contributed by atoms with van der Waals surface area (Å²) in [7, 11) is -0.135. The second-order valence-electron chi connectivity index (χ2n) is 9.78. The number of nitrogens with zero attached hydrogens (tertiary/aromatic N) is 5. The molecule has 0 radical (unpaired) electrons. The fraction of sp³-hybridized carbons (Fsp3) is 0.385. The number of hydrogen-bond donors (Lipinski definition) is 1. The monoisotopic (exact) mass is 506 g/mol. The van der Waals surface area contributed by atoms with Crippen LogP contribution < -0.4 is 9.62 Å². The van der Waals surface area contributed by atoms with Gasteiger partial charge in [-0.2, -0.15) is 5.10 Å². The number of rotatable bonds is 8. The van der Waals surface area contributed by atoms with Crippen LogP contribution in [0.25, 0.3) is 11.3 Å². The van der Waals surface area contributed by atoms with Crippen LogP contribution in [0.1, 0.15) is 36.8 Å². The van der Waals surface area contributed by atoms with Gasteiger partial charge in [-0.25, -0.2) is 8.42 Å². The van der Waals surface area contributed by atoms with Gasteiger partial charge in [-0.05, 0) is 51.0 Å². The molecule has 188 valence electrons. The fourth-order valence-electron chi connectivity index (χ4n) is 4.37. The number of ketones is 1. The van der Waals surface area contributed by atoms with Crippen molar-refractivity contribution in [2.24, 2.45) is 18.0 Å². The number of hydrogen-bond acceptors (Lipinski definition) is 7. The van der Waals surface area contributed by atoms with Crippen LogP contribution in [0.2, 0.25) is 0 Å². The van der Waals surface area contributed by atoms with Gasteiger partial charge in [0.15, 0.2) is 0 Å². The smallest absolute Gasteiger partial charge is 0.232 e. The van der Waals surface area contributed by atoms with Gasteiger partial charge in [-0.3, -0.25) is 23.8 Å². The summed E-state index contributed by atoms with van der Waals surface area (Å²) in [5, 5.41) is 7.95. The minimum Gasteiger partial charge on any atom is -0.352 e. The number of pyridine rings is 1. The van der Waals surface area contributed by atoms with Crippen molar-refractivity contribution in [2.45, 2.75) is 39.5 Å². The van der Waals surface area contributed by atoms with E-state index in [1.54, 1.807) is 4.68 Å². The van der Waals surface area contributed by atoms with Crippen LogP contribution in [0, 0.1) is 12.8 Å². The summed E-state index contributed by atoms with van der Waals surface area (Å²) >= 11 is 0. The molecular weight excluding hydrogens is 476 g/mol. The standard InChI is InChI=1S/C26H30N6O3S/c1-15-10-22-26(27-15)23(13-19(28-22)14-25(33)17-6-7-17)29-20-9-8-18(21-11-16(2)31(3)30-21)12-24(20)32(4)36(5,34)35/h8-9,11-13,17H,6-7,10,14H2,1-5H3,(H,28,29). The first-order valence-electron chi connectivity index (χ1n) is 12.0. The summed E-state index contributed by atoms with van der Waals surface area (Å²) in [6, 6.07) is 9.41. The van der Waals surface area contributed by atoms with E-state index in [0.717, 1.165) is 46.9 Å². The number of aliphatic imine (C=N–C) groups is 1. The Morgan fingerprint density at radius 3 is 2.56 bits per heavy atom. The number of sulfonamides is 1.